The molecule has 0 aromatic carbocycles. The van der Waals surface area contributed by atoms with E-state index in [9.17, 15) is 0 Å². The lowest BCUT2D eigenvalue weighted by Gasteiger charge is -1.93. The van der Waals surface area contributed by atoms with Gasteiger partial charge in [-0.2, -0.15) is 9.67 Å². The van der Waals surface area contributed by atoms with Crippen molar-refractivity contribution in [3.63, 3.8) is 0 Å². The molecule has 0 saturated heterocycles. The van der Waals surface area contributed by atoms with Crippen molar-refractivity contribution in [1.29, 1.82) is 0 Å². The lowest BCUT2D eigenvalue weighted by atomic mass is 10.4. The summed E-state index contributed by atoms with van der Waals surface area (Å²) in [5.41, 5.74) is 11.1. The van der Waals surface area contributed by atoms with Crippen LogP contribution in [0.3, 0.4) is 0 Å². The van der Waals surface area contributed by atoms with Crippen LogP contribution in [-0.4, -0.2) is 11.7 Å². The number of aromatic nitrogens is 1. The van der Waals surface area contributed by atoms with Crippen LogP contribution in [-0.2, 0) is 6.54 Å². The van der Waals surface area contributed by atoms with Crippen LogP contribution in [0, 0.1) is 0 Å². The summed E-state index contributed by atoms with van der Waals surface area (Å²) in [6, 6.07) is 5.86. The molecular formula is C9H14N5+. The largest absolute Gasteiger partial charge is 0.369 e. The third kappa shape index (κ3) is 3.66. The van der Waals surface area contributed by atoms with Crippen LogP contribution >= 0.6 is 0 Å². The zero-order valence-electron chi connectivity index (χ0n) is 8.09. The van der Waals surface area contributed by atoms with Crippen LogP contribution in [0.4, 0.5) is 0 Å². The standard InChI is InChI=1S/C9H14N5/c1-8(12-13-9(10)11)7-14-5-3-2-4-6-14/h2-6H,7H2,1H3,(H4,10,11,13)/q+1. The van der Waals surface area contributed by atoms with Gasteiger partial charge in [0.1, 0.15) is 5.71 Å². The van der Waals surface area contributed by atoms with Gasteiger partial charge in [-0.05, 0) is 6.92 Å². The molecule has 0 spiro atoms. The van der Waals surface area contributed by atoms with E-state index in [2.05, 4.69) is 10.2 Å². The van der Waals surface area contributed by atoms with Gasteiger partial charge in [0.05, 0.1) is 0 Å². The van der Waals surface area contributed by atoms with Gasteiger partial charge in [0.15, 0.2) is 18.9 Å². The molecule has 0 bridgehead atoms. The molecule has 5 heteroatoms. The smallest absolute Gasteiger partial charge is 0.211 e. The van der Waals surface area contributed by atoms with E-state index in [0.29, 0.717) is 6.54 Å². The van der Waals surface area contributed by atoms with Crippen molar-refractivity contribution in [2.24, 2.45) is 21.7 Å². The fraction of sp³-hybridized carbons (Fsp3) is 0.222. The number of hydrogen-bond acceptors (Lipinski definition) is 2. The Morgan fingerprint density at radius 1 is 1.14 bits per heavy atom. The summed E-state index contributed by atoms with van der Waals surface area (Å²) >= 11 is 0. The number of nitrogens with two attached hydrogens (primary N) is 2. The minimum Gasteiger partial charge on any atom is -0.369 e. The molecule has 1 heterocycles. The van der Waals surface area contributed by atoms with Crippen LogP contribution in [0.5, 0.6) is 0 Å². The van der Waals surface area contributed by atoms with Gasteiger partial charge >= 0.3 is 0 Å². The number of rotatable bonds is 3. The number of nitrogens with zero attached hydrogens (tertiary/aromatic N) is 3. The highest BCUT2D eigenvalue weighted by molar-refractivity contribution is 5.82. The summed E-state index contributed by atoms with van der Waals surface area (Å²) in [6.45, 7) is 2.55. The van der Waals surface area contributed by atoms with Crippen LogP contribution in [0.2, 0.25) is 0 Å². The van der Waals surface area contributed by atoms with Crippen LogP contribution < -0.4 is 16.0 Å². The van der Waals surface area contributed by atoms with Gasteiger partial charge in [0.2, 0.25) is 5.96 Å². The fourth-order valence-corrected chi connectivity index (χ4v) is 0.979. The molecule has 0 atom stereocenters. The molecule has 4 N–H and O–H groups in total. The molecular weight excluding hydrogens is 178 g/mol. The summed E-state index contributed by atoms with van der Waals surface area (Å²) in [5.74, 6) is -0.0255. The van der Waals surface area contributed by atoms with Gasteiger partial charge in [-0.15, -0.1) is 5.10 Å². The first kappa shape index (κ1) is 10.2. The van der Waals surface area contributed by atoms with Gasteiger partial charge in [-0.3, -0.25) is 0 Å². The second kappa shape index (κ2) is 4.96. The molecule has 0 fully saturated rings. The number of pyridine rings is 1. The summed E-state index contributed by atoms with van der Waals surface area (Å²) < 4.78 is 1.99. The molecule has 1 aromatic heterocycles. The summed E-state index contributed by atoms with van der Waals surface area (Å²) in [4.78, 5) is 0. The number of hydrogen-bond donors (Lipinski definition) is 2. The van der Waals surface area contributed by atoms with E-state index in [1.165, 1.54) is 0 Å². The summed E-state index contributed by atoms with van der Waals surface area (Å²) in [6.07, 6.45) is 3.91. The topological polar surface area (TPSA) is 80.6 Å². The molecule has 1 aromatic rings. The summed E-state index contributed by atoms with van der Waals surface area (Å²) in [7, 11) is 0. The first-order valence-electron chi connectivity index (χ1n) is 4.24. The van der Waals surface area contributed by atoms with E-state index < -0.39 is 0 Å². The van der Waals surface area contributed by atoms with E-state index in [1.807, 2.05) is 42.1 Å². The van der Waals surface area contributed by atoms with E-state index in [1.54, 1.807) is 0 Å². The molecule has 0 aliphatic carbocycles. The molecule has 5 nitrogen and oxygen atoms in total. The molecule has 0 amide bonds. The van der Waals surface area contributed by atoms with Gasteiger partial charge in [0.25, 0.3) is 0 Å². The third-order valence-electron chi connectivity index (χ3n) is 1.52. The van der Waals surface area contributed by atoms with Crippen LogP contribution in [0.1, 0.15) is 6.92 Å². The minimum atomic E-state index is -0.0255. The Balaban J connectivity index is 2.62. The second-order valence-corrected chi connectivity index (χ2v) is 2.91. The maximum atomic E-state index is 5.15. The fourth-order valence-electron chi connectivity index (χ4n) is 0.979. The highest BCUT2D eigenvalue weighted by Gasteiger charge is 1.99. The van der Waals surface area contributed by atoms with Crippen molar-refractivity contribution in [1.82, 2.24) is 0 Å². The maximum absolute atomic E-state index is 5.15. The van der Waals surface area contributed by atoms with E-state index in [0.717, 1.165) is 5.71 Å². The SMILES string of the molecule is CC(C[n+]1ccccc1)=NN=C(N)N. The van der Waals surface area contributed by atoms with Crippen molar-refractivity contribution in [3.05, 3.63) is 30.6 Å². The zero-order valence-corrected chi connectivity index (χ0v) is 8.09. The third-order valence-corrected chi connectivity index (χ3v) is 1.52. The Labute approximate surface area is 82.8 Å². The zero-order chi connectivity index (χ0) is 10.4. The van der Waals surface area contributed by atoms with Gasteiger partial charge in [-0.1, -0.05) is 6.07 Å². The Bertz CT molecular complexity index is 337. The lowest BCUT2D eigenvalue weighted by molar-refractivity contribution is -0.682. The first-order valence-corrected chi connectivity index (χ1v) is 4.24. The van der Waals surface area contributed by atoms with Crippen molar-refractivity contribution in [2.45, 2.75) is 13.5 Å². The predicted molar refractivity (Wildman–Crippen MR) is 55.6 cm³/mol. The van der Waals surface area contributed by atoms with Crippen molar-refractivity contribution < 1.29 is 4.57 Å². The van der Waals surface area contributed by atoms with E-state index in [-0.39, 0.29) is 5.96 Å². The highest BCUT2D eigenvalue weighted by Crippen LogP contribution is 1.82. The van der Waals surface area contributed by atoms with Crippen LogP contribution in [0.25, 0.3) is 0 Å². The van der Waals surface area contributed by atoms with Crippen LogP contribution in [0.15, 0.2) is 40.8 Å². The van der Waals surface area contributed by atoms with Crippen molar-refractivity contribution in [2.75, 3.05) is 0 Å². The average Bonchev–Trinajstić information content (AvgIpc) is 2.16. The molecule has 0 radical (unpaired) electrons. The molecule has 74 valence electrons. The Morgan fingerprint density at radius 2 is 1.79 bits per heavy atom. The van der Waals surface area contributed by atoms with E-state index >= 15 is 0 Å². The number of guanidine groups is 1. The Morgan fingerprint density at radius 3 is 2.36 bits per heavy atom. The molecule has 14 heavy (non-hydrogen) atoms. The monoisotopic (exact) mass is 192 g/mol. The van der Waals surface area contributed by atoms with Crippen molar-refractivity contribution >= 4 is 11.7 Å². The molecule has 0 aliphatic rings. The normalized spacial score (nSPS) is 11.1. The second-order valence-electron chi connectivity index (χ2n) is 2.91. The molecule has 0 unspecified atom stereocenters. The molecule has 0 aliphatic heterocycles. The van der Waals surface area contributed by atoms with E-state index in [4.69, 9.17) is 11.5 Å². The lowest BCUT2D eigenvalue weighted by Crippen LogP contribution is -2.36. The average molecular weight is 192 g/mol. The quantitative estimate of drug-likeness (QED) is 0.296. The molecule has 0 saturated carbocycles. The summed E-state index contributed by atoms with van der Waals surface area (Å²) in [5, 5.41) is 7.42. The molecule has 1 rings (SSSR count). The van der Waals surface area contributed by atoms with Gasteiger partial charge in [-0.25, -0.2) is 0 Å². The highest BCUT2D eigenvalue weighted by atomic mass is 15.3. The Hall–Kier alpha value is -1.91. The Kier molecular flexibility index (Phi) is 3.60. The van der Waals surface area contributed by atoms with Crippen molar-refractivity contribution in [3.8, 4) is 0 Å². The minimum absolute atomic E-state index is 0.0255. The predicted octanol–water partition coefficient (Wildman–Crippen LogP) is -0.377. The first-order chi connectivity index (χ1) is 6.68. The van der Waals surface area contributed by atoms with Gasteiger partial charge < -0.3 is 11.5 Å². The van der Waals surface area contributed by atoms with Gasteiger partial charge in [0, 0.05) is 12.1 Å². The maximum Gasteiger partial charge on any atom is 0.211 e.